The van der Waals surface area contributed by atoms with E-state index < -0.39 is 17.7 Å². The maximum absolute atomic E-state index is 12.9. The van der Waals surface area contributed by atoms with Crippen molar-refractivity contribution in [2.24, 2.45) is 0 Å². The summed E-state index contributed by atoms with van der Waals surface area (Å²) in [5, 5.41) is 11.9. The molecule has 1 aromatic heterocycles. The zero-order valence-electron chi connectivity index (χ0n) is 17.7. The lowest BCUT2D eigenvalue weighted by Gasteiger charge is -2.23. The number of aromatic nitrogens is 2. The van der Waals surface area contributed by atoms with Crippen molar-refractivity contribution in [2.75, 3.05) is 13.2 Å². The molecule has 0 amide bonds. The van der Waals surface area contributed by atoms with Crippen LogP contribution in [-0.2, 0) is 19.9 Å². The second-order valence-corrected chi connectivity index (χ2v) is 7.20. The first-order valence-corrected chi connectivity index (χ1v) is 10.2. The largest absolute Gasteiger partial charge is 0.438 e. The summed E-state index contributed by atoms with van der Waals surface area (Å²) in [5.74, 6) is -0.303. The smallest absolute Gasteiger partial charge is 0.245 e. The highest BCUT2D eigenvalue weighted by molar-refractivity contribution is 5.93. The van der Waals surface area contributed by atoms with Gasteiger partial charge in [-0.1, -0.05) is 42.0 Å². The number of hydrogen-bond acceptors (Lipinski definition) is 7. The summed E-state index contributed by atoms with van der Waals surface area (Å²) < 4.78 is 16.7. The molecule has 0 saturated carbocycles. The number of carbonyl (C=O) groups excluding carboxylic acids is 1. The van der Waals surface area contributed by atoms with Gasteiger partial charge in [0.05, 0.1) is 11.0 Å². The minimum absolute atomic E-state index is 0.0102. The summed E-state index contributed by atoms with van der Waals surface area (Å²) >= 11 is 0. The van der Waals surface area contributed by atoms with Crippen LogP contribution in [0, 0.1) is 6.92 Å². The van der Waals surface area contributed by atoms with Gasteiger partial charge in [-0.2, -0.15) is 0 Å². The first kappa shape index (κ1) is 21.1. The molecule has 1 unspecified atom stereocenters. The van der Waals surface area contributed by atoms with Crippen LogP contribution in [0.4, 0.5) is 0 Å². The Kier molecular flexibility index (Phi) is 5.82. The number of carbonyl (C=O) groups is 1. The highest BCUT2D eigenvalue weighted by Gasteiger charge is 2.49. The molecule has 0 saturated heterocycles. The van der Waals surface area contributed by atoms with Crippen LogP contribution in [0.25, 0.3) is 11.0 Å². The zero-order chi connectivity index (χ0) is 22.0. The summed E-state index contributed by atoms with van der Waals surface area (Å²) in [5.41, 5.74) is 1.25. The van der Waals surface area contributed by atoms with Crippen LogP contribution in [0.3, 0.4) is 0 Å². The third-order valence-electron chi connectivity index (χ3n) is 5.06. The van der Waals surface area contributed by atoms with Crippen LogP contribution >= 0.6 is 0 Å². The number of fused-ring (bicyclic) bond motifs is 2. The minimum atomic E-state index is -1.78. The third-order valence-corrected chi connectivity index (χ3v) is 5.06. The van der Waals surface area contributed by atoms with Crippen molar-refractivity contribution in [3.63, 3.8) is 0 Å². The summed E-state index contributed by atoms with van der Waals surface area (Å²) in [6, 6.07) is 14.6. The number of aliphatic hydroxyl groups is 1. The normalized spacial score (nSPS) is 19.1. The molecule has 0 spiro atoms. The summed E-state index contributed by atoms with van der Waals surface area (Å²) in [7, 11) is 0. The average molecular weight is 420 g/mol. The molecule has 2 aromatic carbocycles. The number of hydrogen-bond donors (Lipinski definition) is 1. The van der Waals surface area contributed by atoms with Crippen molar-refractivity contribution >= 4 is 16.8 Å². The van der Waals surface area contributed by atoms with E-state index in [-0.39, 0.29) is 17.3 Å². The van der Waals surface area contributed by atoms with E-state index in [1.54, 1.807) is 26.0 Å². The second kappa shape index (κ2) is 8.55. The van der Waals surface area contributed by atoms with Gasteiger partial charge in [0.25, 0.3) is 0 Å². The minimum Gasteiger partial charge on any atom is -0.438 e. The maximum Gasteiger partial charge on any atom is 0.245 e. The van der Waals surface area contributed by atoms with E-state index in [0.29, 0.717) is 29.8 Å². The molecule has 0 aliphatic carbocycles. The van der Waals surface area contributed by atoms with Gasteiger partial charge >= 0.3 is 0 Å². The van der Waals surface area contributed by atoms with Gasteiger partial charge < -0.3 is 19.3 Å². The van der Waals surface area contributed by atoms with Gasteiger partial charge in [-0.25, -0.2) is 9.97 Å². The molecular formula is C24H24N2O5. The standard InChI is InChI=1S/C24H24N2O5/c1-4-29-23(30-5-2)19(27)14-20-24(28,16-12-10-15(3)11-13-16)21-22(31-20)26-18-9-7-6-8-17(18)25-21/h6-14,23,28H,4-5H2,1-3H3/b20-14+. The molecule has 3 aromatic rings. The van der Waals surface area contributed by atoms with Crippen molar-refractivity contribution in [1.82, 2.24) is 9.97 Å². The van der Waals surface area contributed by atoms with Gasteiger partial charge in [0, 0.05) is 19.3 Å². The van der Waals surface area contributed by atoms with Crippen molar-refractivity contribution in [3.8, 4) is 5.88 Å². The first-order valence-electron chi connectivity index (χ1n) is 10.2. The van der Waals surface area contributed by atoms with Crippen LogP contribution < -0.4 is 4.74 Å². The Morgan fingerprint density at radius 2 is 1.68 bits per heavy atom. The van der Waals surface area contributed by atoms with Crippen molar-refractivity contribution < 1.29 is 24.1 Å². The van der Waals surface area contributed by atoms with Gasteiger partial charge in [-0.3, -0.25) is 4.79 Å². The SMILES string of the molecule is CCOC(OCC)C(=O)/C=C1/Oc2nc3ccccc3nc2C1(O)c1ccc(C)cc1. The van der Waals surface area contributed by atoms with Crippen molar-refractivity contribution in [1.29, 1.82) is 0 Å². The van der Waals surface area contributed by atoms with E-state index in [4.69, 9.17) is 14.2 Å². The van der Waals surface area contributed by atoms with Crippen LogP contribution in [0.15, 0.2) is 60.4 Å². The first-order chi connectivity index (χ1) is 15.0. The molecule has 1 aliphatic rings. The summed E-state index contributed by atoms with van der Waals surface area (Å²) in [4.78, 5) is 22.0. The van der Waals surface area contributed by atoms with E-state index in [0.717, 1.165) is 5.56 Å². The van der Waals surface area contributed by atoms with E-state index in [1.807, 2.05) is 43.3 Å². The molecule has 1 aliphatic heterocycles. The van der Waals surface area contributed by atoms with E-state index in [1.165, 1.54) is 6.08 Å². The highest BCUT2D eigenvalue weighted by Crippen LogP contribution is 2.46. The number of ether oxygens (including phenoxy) is 3. The fourth-order valence-corrected chi connectivity index (χ4v) is 3.51. The number of para-hydroxylation sites is 2. The molecule has 0 fully saturated rings. The molecular weight excluding hydrogens is 396 g/mol. The molecule has 31 heavy (non-hydrogen) atoms. The highest BCUT2D eigenvalue weighted by atomic mass is 16.7. The second-order valence-electron chi connectivity index (χ2n) is 7.20. The lowest BCUT2D eigenvalue weighted by Crippen LogP contribution is -2.31. The Morgan fingerprint density at radius 3 is 2.29 bits per heavy atom. The predicted octanol–water partition coefficient (Wildman–Crippen LogP) is 3.42. The monoisotopic (exact) mass is 420 g/mol. The van der Waals surface area contributed by atoms with Crippen molar-refractivity contribution in [2.45, 2.75) is 32.7 Å². The van der Waals surface area contributed by atoms with Gasteiger partial charge in [-0.15, -0.1) is 0 Å². The van der Waals surface area contributed by atoms with Gasteiger partial charge in [0.1, 0.15) is 5.69 Å². The molecule has 7 heteroatoms. The number of aryl methyl sites for hydroxylation is 1. The molecule has 1 N–H and O–H groups in total. The Morgan fingerprint density at radius 1 is 1.06 bits per heavy atom. The van der Waals surface area contributed by atoms with E-state index >= 15 is 0 Å². The third kappa shape index (κ3) is 3.83. The topological polar surface area (TPSA) is 90.8 Å². The quantitative estimate of drug-likeness (QED) is 0.463. The lowest BCUT2D eigenvalue weighted by molar-refractivity contribution is -0.163. The predicted molar refractivity (Wildman–Crippen MR) is 114 cm³/mol. The number of ketones is 1. The van der Waals surface area contributed by atoms with Crippen LogP contribution in [0.5, 0.6) is 5.88 Å². The average Bonchev–Trinajstić information content (AvgIpc) is 3.04. The van der Waals surface area contributed by atoms with Gasteiger partial charge in [0.2, 0.25) is 18.0 Å². The molecule has 4 rings (SSSR count). The zero-order valence-corrected chi connectivity index (χ0v) is 17.7. The van der Waals surface area contributed by atoms with Crippen LogP contribution in [-0.4, -0.2) is 40.4 Å². The lowest BCUT2D eigenvalue weighted by atomic mass is 9.88. The summed E-state index contributed by atoms with van der Waals surface area (Å²) in [6.07, 6.45) is 0.126. The maximum atomic E-state index is 12.9. The number of benzene rings is 2. The Labute approximate surface area is 180 Å². The van der Waals surface area contributed by atoms with Crippen molar-refractivity contribution in [3.05, 3.63) is 77.2 Å². The fraction of sp³-hybridized carbons (Fsp3) is 0.292. The van der Waals surface area contributed by atoms with Gasteiger partial charge in [-0.05, 0) is 38.5 Å². The fourth-order valence-electron chi connectivity index (χ4n) is 3.51. The Bertz CT molecular complexity index is 1140. The Balaban J connectivity index is 1.86. The molecule has 0 radical (unpaired) electrons. The molecule has 7 nitrogen and oxygen atoms in total. The number of rotatable bonds is 7. The summed E-state index contributed by atoms with van der Waals surface area (Å²) in [6.45, 7) is 6.11. The molecule has 1 atom stereocenters. The van der Waals surface area contributed by atoms with Crippen LogP contribution in [0.1, 0.15) is 30.7 Å². The van der Waals surface area contributed by atoms with E-state index in [2.05, 4.69) is 9.97 Å². The van der Waals surface area contributed by atoms with Gasteiger partial charge in [0.15, 0.2) is 11.4 Å². The Hall–Kier alpha value is -3.13. The van der Waals surface area contributed by atoms with E-state index in [9.17, 15) is 9.90 Å². The number of nitrogens with zero attached hydrogens (tertiary/aromatic N) is 2. The molecule has 0 bridgehead atoms. The van der Waals surface area contributed by atoms with Crippen LogP contribution in [0.2, 0.25) is 0 Å². The molecule has 2 heterocycles. The molecule has 160 valence electrons.